The molecule has 3 heteroatoms. The zero-order valence-electron chi connectivity index (χ0n) is 10.6. The molecule has 0 bridgehead atoms. The van der Waals surface area contributed by atoms with Gasteiger partial charge in [-0.15, -0.1) is 0 Å². The van der Waals surface area contributed by atoms with Crippen molar-refractivity contribution < 1.29 is 0 Å². The van der Waals surface area contributed by atoms with Gasteiger partial charge in [0, 0.05) is 16.7 Å². The van der Waals surface area contributed by atoms with Gasteiger partial charge in [-0.2, -0.15) is 5.26 Å². The highest BCUT2D eigenvalue weighted by atomic mass is 79.9. The van der Waals surface area contributed by atoms with Crippen molar-refractivity contribution in [1.82, 2.24) is 0 Å². The molecule has 2 aromatic carbocycles. The van der Waals surface area contributed by atoms with E-state index in [4.69, 9.17) is 5.26 Å². The maximum Gasteiger partial charge on any atom is 0.0991 e. The fourth-order valence-corrected chi connectivity index (χ4v) is 2.10. The van der Waals surface area contributed by atoms with Crippen LogP contribution in [-0.4, -0.2) is 6.54 Å². The molecular formula is C16H15BrN2. The Morgan fingerprint density at radius 3 is 2.32 bits per heavy atom. The normalized spacial score (nSPS) is 9.89. The second-order valence-corrected chi connectivity index (χ2v) is 5.26. The molecule has 2 nitrogen and oxygen atoms in total. The minimum Gasteiger partial charge on any atom is -0.385 e. The van der Waals surface area contributed by atoms with E-state index < -0.39 is 0 Å². The zero-order chi connectivity index (χ0) is 13.5. The summed E-state index contributed by atoms with van der Waals surface area (Å²) in [6.45, 7) is 0.933. The average Bonchev–Trinajstić information content (AvgIpc) is 2.46. The predicted molar refractivity (Wildman–Crippen MR) is 82.1 cm³/mol. The zero-order valence-corrected chi connectivity index (χ0v) is 12.2. The van der Waals surface area contributed by atoms with E-state index >= 15 is 0 Å². The minimum absolute atomic E-state index is 0.695. The smallest absolute Gasteiger partial charge is 0.0991 e. The summed E-state index contributed by atoms with van der Waals surface area (Å²) in [5.41, 5.74) is 3.11. The highest BCUT2D eigenvalue weighted by molar-refractivity contribution is 9.10. The number of nitrogens with zero attached hydrogens (tertiary/aromatic N) is 1. The second-order valence-electron chi connectivity index (χ2n) is 4.35. The van der Waals surface area contributed by atoms with Crippen LogP contribution in [0.3, 0.4) is 0 Å². The van der Waals surface area contributed by atoms with E-state index in [1.165, 1.54) is 5.56 Å². The highest BCUT2D eigenvalue weighted by Crippen LogP contribution is 2.12. The maximum absolute atomic E-state index is 8.71. The number of anilines is 1. The van der Waals surface area contributed by atoms with E-state index in [-0.39, 0.29) is 0 Å². The summed E-state index contributed by atoms with van der Waals surface area (Å²) < 4.78 is 1.12. The van der Waals surface area contributed by atoms with Crippen LogP contribution in [0.4, 0.5) is 5.69 Å². The summed E-state index contributed by atoms with van der Waals surface area (Å²) in [5.74, 6) is 0. The van der Waals surface area contributed by atoms with Gasteiger partial charge in [-0.05, 0) is 54.8 Å². The summed E-state index contributed by atoms with van der Waals surface area (Å²) in [7, 11) is 0. The van der Waals surface area contributed by atoms with Crippen molar-refractivity contribution in [3.63, 3.8) is 0 Å². The van der Waals surface area contributed by atoms with E-state index in [0.717, 1.165) is 29.5 Å². The van der Waals surface area contributed by atoms with Gasteiger partial charge in [0.25, 0.3) is 0 Å². The molecule has 0 aliphatic heterocycles. The molecule has 0 amide bonds. The molecule has 19 heavy (non-hydrogen) atoms. The Kier molecular flexibility index (Phi) is 5.00. The van der Waals surface area contributed by atoms with Crippen molar-refractivity contribution in [1.29, 1.82) is 5.26 Å². The van der Waals surface area contributed by atoms with Crippen LogP contribution >= 0.6 is 15.9 Å². The van der Waals surface area contributed by atoms with Gasteiger partial charge in [0.05, 0.1) is 11.6 Å². The molecule has 1 N–H and O–H groups in total. The molecule has 0 unspecified atom stereocenters. The fraction of sp³-hybridized carbons (Fsp3) is 0.188. The Morgan fingerprint density at radius 2 is 1.68 bits per heavy atom. The van der Waals surface area contributed by atoms with Crippen LogP contribution in [0.15, 0.2) is 53.0 Å². The number of aryl methyl sites for hydroxylation is 1. The van der Waals surface area contributed by atoms with Crippen molar-refractivity contribution in [3.05, 3.63) is 64.1 Å². The first-order valence-electron chi connectivity index (χ1n) is 6.26. The molecule has 0 saturated heterocycles. The molecule has 0 fully saturated rings. The Balaban J connectivity index is 1.74. The summed E-state index contributed by atoms with van der Waals surface area (Å²) in [4.78, 5) is 0. The van der Waals surface area contributed by atoms with E-state index in [1.54, 1.807) is 0 Å². The van der Waals surface area contributed by atoms with Crippen LogP contribution in [0.25, 0.3) is 0 Å². The molecule has 0 saturated carbocycles. The molecule has 0 heterocycles. The number of nitrogens with one attached hydrogen (secondary N) is 1. The molecule has 0 atom stereocenters. The van der Waals surface area contributed by atoms with Gasteiger partial charge in [0.2, 0.25) is 0 Å². The minimum atomic E-state index is 0.695. The molecule has 0 aliphatic rings. The summed E-state index contributed by atoms with van der Waals surface area (Å²) in [6.07, 6.45) is 2.15. The Hall–Kier alpha value is -1.79. The van der Waals surface area contributed by atoms with Crippen molar-refractivity contribution in [2.45, 2.75) is 12.8 Å². The third-order valence-corrected chi connectivity index (χ3v) is 3.43. The lowest BCUT2D eigenvalue weighted by Crippen LogP contribution is -2.02. The van der Waals surface area contributed by atoms with E-state index in [9.17, 15) is 0 Å². The largest absolute Gasteiger partial charge is 0.385 e. The molecule has 0 aliphatic carbocycles. The first-order chi connectivity index (χ1) is 9.28. The van der Waals surface area contributed by atoms with Crippen molar-refractivity contribution in [2.75, 3.05) is 11.9 Å². The van der Waals surface area contributed by atoms with E-state index in [2.05, 4.69) is 51.6 Å². The van der Waals surface area contributed by atoms with Gasteiger partial charge in [-0.3, -0.25) is 0 Å². The summed E-state index contributed by atoms with van der Waals surface area (Å²) in [6, 6.07) is 18.1. The number of rotatable bonds is 5. The van der Waals surface area contributed by atoms with Crippen LogP contribution in [-0.2, 0) is 6.42 Å². The maximum atomic E-state index is 8.71. The van der Waals surface area contributed by atoms with Crippen LogP contribution in [0.2, 0.25) is 0 Å². The number of benzene rings is 2. The molecule has 2 rings (SSSR count). The Bertz CT molecular complexity index is 553. The summed E-state index contributed by atoms with van der Waals surface area (Å²) in [5, 5.41) is 12.1. The lowest BCUT2D eigenvalue weighted by molar-refractivity contribution is 0.863. The molecule has 0 radical (unpaired) electrons. The summed E-state index contributed by atoms with van der Waals surface area (Å²) >= 11 is 3.43. The topological polar surface area (TPSA) is 35.8 Å². The number of hydrogen-bond acceptors (Lipinski definition) is 2. The third-order valence-electron chi connectivity index (χ3n) is 2.90. The van der Waals surface area contributed by atoms with Gasteiger partial charge < -0.3 is 5.32 Å². The highest BCUT2D eigenvalue weighted by Gasteiger charge is 1.95. The molecule has 0 spiro atoms. The monoisotopic (exact) mass is 314 g/mol. The first-order valence-corrected chi connectivity index (χ1v) is 7.06. The van der Waals surface area contributed by atoms with Crippen LogP contribution < -0.4 is 5.32 Å². The average molecular weight is 315 g/mol. The van der Waals surface area contributed by atoms with Gasteiger partial charge in [-0.1, -0.05) is 28.1 Å². The Labute approximate surface area is 122 Å². The Morgan fingerprint density at radius 1 is 1.00 bits per heavy atom. The van der Waals surface area contributed by atoms with Crippen LogP contribution in [0.5, 0.6) is 0 Å². The van der Waals surface area contributed by atoms with Gasteiger partial charge in [0.15, 0.2) is 0 Å². The van der Waals surface area contributed by atoms with E-state index in [0.29, 0.717) is 5.56 Å². The van der Waals surface area contributed by atoms with Crippen molar-refractivity contribution in [3.8, 4) is 6.07 Å². The first kappa shape index (κ1) is 13.6. The van der Waals surface area contributed by atoms with Gasteiger partial charge >= 0.3 is 0 Å². The molecular weight excluding hydrogens is 300 g/mol. The van der Waals surface area contributed by atoms with E-state index in [1.807, 2.05) is 24.3 Å². The van der Waals surface area contributed by atoms with Crippen molar-refractivity contribution in [2.24, 2.45) is 0 Å². The third kappa shape index (κ3) is 4.42. The van der Waals surface area contributed by atoms with Crippen molar-refractivity contribution >= 4 is 21.6 Å². The van der Waals surface area contributed by atoms with Gasteiger partial charge in [-0.25, -0.2) is 0 Å². The van der Waals surface area contributed by atoms with Gasteiger partial charge in [0.1, 0.15) is 0 Å². The quantitative estimate of drug-likeness (QED) is 0.832. The lowest BCUT2D eigenvalue weighted by atomic mass is 10.1. The SMILES string of the molecule is N#Cc1ccc(NCCCc2ccc(Br)cc2)cc1. The lowest BCUT2D eigenvalue weighted by Gasteiger charge is -2.06. The second kappa shape index (κ2) is 6.96. The number of nitriles is 1. The van der Waals surface area contributed by atoms with Crippen LogP contribution in [0, 0.1) is 11.3 Å². The number of hydrogen-bond donors (Lipinski definition) is 1. The molecule has 0 aromatic heterocycles. The van der Waals surface area contributed by atoms with Crippen LogP contribution in [0.1, 0.15) is 17.5 Å². The molecule has 2 aromatic rings. The standard InChI is InChI=1S/C16H15BrN2/c17-15-7-3-13(4-8-15)2-1-11-19-16-9-5-14(12-18)6-10-16/h3-10,19H,1-2,11H2. The predicted octanol–water partition coefficient (Wildman–Crippen LogP) is 4.37. The fourth-order valence-electron chi connectivity index (χ4n) is 1.84. The number of halogens is 1. The molecule has 96 valence electrons.